The molecular weight excluding hydrogens is 402 g/mol. The van der Waals surface area contributed by atoms with Crippen LogP contribution in [0.1, 0.15) is 19.4 Å². The van der Waals surface area contributed by atoms with Gasteiger partial charge in [0.15, 0.2) is 0 Å². The largest absolute Gasteiger partial charge is 0.490 e. The number of carbonyl (C=O) groups is 2. The number of urea groups is 1. The Bertz CT molecular complexity index is 1180. The maximum Gasteiger partial charge on any atom is 0.319 e. The van der Waals surface area contributed by atoms with Crippen LogP contribution in [0.25, 0.3) is 10.8 Å². The summed E-state index contributed by atoms with van der Waals surface area (Å²) in [5, 5.41) is 8.02. The molecule has 0 saturated carbocycles. The molecule has 6 nitrogen and oxygen atoms in total. The van der Waals surface area contributed by atoms with Crippen LogP contribution in [-0.2, 0) is 11.3 Å². The summed E-state index contributed by atoms with van der Waals surface area (Å²) >= 11 is 0. The lowest BCUT2D eigenvalue weighted by Crippen LogP contribution is -2.42. The van der Waals surface area contributed by atoms with Crippen LogP contribution in [0.15, 0.2) is 73.3 Å². The molecule has 1 aliphatic heterocycles. The van der Waals surface area contributed by atoms with Crippen LogP contribution in [0.4, 0.5) is 16.2 Å². The molecule has 0 radical (unpaired) electrons. The maximum absolute atomic E-state index is 12.9. The monoisotopic (exact) mass is 429 g/mol. The summed E-state index contributed by atoms with van der Waals surface area (Å²) in [4.78, 5) is 27.1. The molecule has 0 aromatic heterocycles. The molecule has 6 heteroatoms. The smallest absolute Gasteiger partial charge is 0.319 e. The molecule has 0 aliphatic carbocycles. The molecule has 1 aliphatic rings. The fourth-order valence-electron chi connectivity index (χ4n) is 3.83. The zero-order valence-electron chi connectivity index (χ0n) is 18.4. The summed E-state index contributed by atoms with van der Waals surface area (Å²) in [6.07, 6.45) is 1.69. The number of benzene rings is 3. The van der Waals surface area contributed by atoms with Gasteiger partial charge < -0.3 is 20.3 Å². The normalized spacial score (nSPS) is 14.8. The lowest BCUT2D eigenvalue weighted by atomic mass is 9.93. The fraction of sp³-hybridized carbons (Fsp3) is 0.231. The number of carbonyl (C=O) groups excluding carboxylic acids is 2. The van der Waals surface area contributed by atoms with Crippen molar-refractivity contribution < 1.29 is 14.3 Å². The third-order valence-corrected chi connectivity index (χ3v) is 5.55. The molecule has 0 unspecified atom stereocenters. The minimum atomic E-state index is -0.661. The van der Waals surface area contributed by atoms with Crippen LogP contribution in [-0.4, -0.2) is 25.1 Å². The molecule has 0 atom stereocenters. The molecule has 3 amide bonds. The standard InChI is InChI=1S/C26H27N3O3/c1-4-14-29-22-13-12-20(15-23(22)32-17-26(2,3)24(29)30)28-25(31)27-16-19-10-7-9-18-8-5-6-11-21(18)19/h4-13,15H,1,14,16-17H2,2-3H3,(H2,27,28,31). The Kier molecular flexibility index (Phi) is 5.86. The van der Waals surface area contributed by atoms with E-state index >= 15 is 0 Å². The number of ether oxygens (including phenoxy) is 1. The van der Waals surface area contributed by atoms with E-state index < -0.39 is 5.41 Å². The third-order valence-electron chi connectivity index (χ3n) is 5.55. The third kappa shape index (κ3) is 4.30. The number of fused-ring (bicyclic) bond motifs is 2. The molecule has 0 saturated heterocycles. The second kappa shape index (κ2) is 8.75. The van der Waals surface area contributed by atoms with Crippen molar-refractivity contribution >= 4 is 34.1 Å². The Hall–Kier alpha value is -3.80. The van der Waals surface area contributed by atoms with Crippen LogP contribution in [0.5, 0.6) is 5.75 Å². The Morgan fingerprint density at radius 2 is 1.94 bits per heavy atom. The number of nitrogens with zero attached hydrogens (tertiary/aromatic N) is 1. The van der Waals surface area contributed by atoms with Gasteiger partial charge in [-0.15, -0.1) is 6.58 Å². The van der Waals surface area contributed by atoms with Crippen molar-refractivity contribution in [2.24, 2.45) is 5.41 Å². The van der Waals surface area contributed by atoms with Crippen molar-refractivity contribution in [1.82, 2.24) is 5.32 Å². The first kappa shape index (κ1) is 21.4. The number of nitrogens with one attached hydrogen (secondary N) is 2. The molecule has 32 heavy (non-hydrogen) atoms. The van der Waals surface area contributed by atoms with Crippen molar-refractivity contribution in [1.29, 1.82) is 0 Å². The molecule has 3 aromatic carbocycles. The zero-order valence-corrected chi connectivity index (χ0v) is 18.4. The predicted molar refractivity (Wildman–Crippen MR) is 128 cm³/mol. The molecule has 0 spiro atoms. The van der Waals surface area contributed by atoms with Crippen molar-refractivity contribution in [3.05, 3.63) is 78.9 Å². The van der Waals surface area contributed by atoms with Gasteiger partial charge in [-0.05, 0) is 42.3 Å². The van der Waals surface area contributed by atoms with Gasteiger partial charge in [-0.3, -0.25) is 4.79 Å². The van der Waals surface area contributed by atoms with E-state index in [1.54, 1.807) is 29.2 Å². The molecule has 0 bridgehead atoms. The van der Waals surface area contributed by atoms with Gasteiger partial charge in [0.1, 0.15) is 12.4 Å². The molecule has 1 heterocycles. The Morgan fingerprint density at radius 3 is 2.75 bits per heavy atom. The quantitative estimate of drug-likeness (QED) is 0.555. The molecule has 3 aromatic rings. The van der Waals surface area contributed by atoms with Crippen LogP contribution < -0.4 is 20.3 Å². The lowest BCUT2D eigenvalue weighted by Gasteiger charge is -2.27. The van der Waals surface area contributed by atoms with Gasteiger partial charge in [0, 0.05) is 24.8 Å². The SMILES string of the molecule is C=CCN1C(=O)C(C)(C)COc2cc(NC(=O)NCc3cccc4ccccc34)ccc21. The molecular formula is C26H27N3O3. The van der Waals surface area contributed by atoms with E-state index in [4.69, 9.17) is 4.74 Å². The number of hydrogen-bond donors (Lipinski definition) is 2. The second-order valence-corrected chi connectivity index (χ2v) is 8.51. The first-order valence-corrected chi connectivity index (χ1v) is 10.6. The predicted octanol–water partition coefficient (Wildman–Crippen LogP) is 5.10. The fourth-order valence-corrected chi connectivity index (χ4v) is 3.83. The number of rotatable bonds is 5. The first-order chi connectivity index (χ1) is 15.4. The lowest BCUT2D eigenvalue weighted by molar-refractivity contribution is -0.127. The van der Waals surface area contributed by atoms with Gasteiger partial charge in [-0.1, -0.05) is 48.5 Å². The molecule has 4 rings (SSSR count). The van der Waals surface area contributed by atoms with Gasteiger partial charge in [0.25, 0.3) is 0 Å². The van der Waals surface area contributed by atoms with E-state index in [0.717, 1.165) is 16.3 Å². The second-order valence-electron chi connectivity index (χ2n) is 8.51. The average molecular weight is 430 g/mol. The number of amides is 3. The van der Waals surface area contributed by atoms with E-state index in [1.165, 1.54) is 0 Å². The summed E-state index contributed by atoms with van der Waals surface area (Å²) < 4.78 is 5.94. The molecule has 164 valence electrons. The molecule has 0 fully saturated rings. The van der Waals surface area contributed by atoms with Crippen LogP contribution in [0, 0.1) is 5.41 Å². The molecule has 2 N–H and O–H groups in total. The summed E-state index contributed by atoms with van der Waals surface area (Å²) in [6, 6.07) is 19.1. The highest BCUT2D eigenvalue weighted by Crippen LogP contribution is 2.38. The van der Waals surface area contributed by atoms with E-state index in [1.807, 2.05) is 44.2 Å². The van der Waals surface area contributed by atoms with Crippen molar-refractivity contribution in [2.45, 2.75) is 20.4 Å². The van der Waals surface area contributed by atoms with Crippen LogP contribution in [0.2, 0.25) is 0 Å². The van der Waals surface area contributed by atoms with Crippen molar-refractivity contribution in [3.8, 4) is 5.75 Å². The summed E-state index contributed by atoms with van der Waals surface area (Å²) in [5.41, 5.74) is 1.64. The van der Waals surface area contributed by atoms with Gasteiger partial charge >= 0.3 is 6.03 Å². The maximum atomic E-state index is 12.9. The van der Waals surface area contributed by atoms with E-state index in [0.29, 0.717) is 30.2 Å². The van der Waals surface area contributed by atoms with Crippen molar-refractivity contribution in [3.63, 3.8) is 0 Å². The average Bonchev–Trinajstić information content (AvgIpc) is 2.88. The van der Waals surface area contributed by atoms with Crippen LogP contribution in [0.3, 0.4) is 0 Å². The highest BCUT2D eigenvalue weighted by molar-refractivity contribution is 6.00. The summed E-state index contributed by atoms with van der Waals surface area (Å²) in [7, 11) is 0. The number of anilines is 2. The van der Waals surface area contributed by atoms with Gasteiger partial charge in [-0.25, -0.2) is 4.79 Å². The van der Waals surface area contributed by atoms with Gasteiger partial charge in [0.2, 0.25) is 5.91 Å². The van der Waals surface area contributed by atoms with E-state index in [9.17, 15) is 9.59 Å². The number of hydrogen-bond acceptors (Lipinski definition) is 3. The zero-order chi connectivity index (χ0) is 22.7. The minimum absolute atomic E-state index is 0.0234. The van der Waals surface area contributed by atoms with Crippen LogP contribution >= 0.6 is 0 Å². The highest BCUT2D eigenvalue weighted by atomic mass is 16.5. The summed E-state index contributed by atoms with van der Waals surface area (Å²) in [5.74, 6) is 0.530. The minimum Gasteiger partial charge on any atom is -0.490 e. The Morgan fingerprint density at radius 1 is 1.16 bits per heavy atom. The van der Waals surface area contributed by atoms with Crippen molar-refractivity contribution in [2.75, 3.05) is 23.4 Å². The first-order valence-electron chi connectivity index (χ1n) is 10.6. The Labute approximate surface area is 187 Å². The van der Waals surface area contributed by atoms with E-state index in [-0.39, 0.29) is 18.5 Å². The van der Waals surface area contributed by atoms with E-state index in [2.05, 4.69) is 29.3 Å². The highest BCUT2D eigenvalue weighted by Gasteiger charge is 2.37. The van der Waals surface area contributed by atoms with Gasteiger partial charge in [0.05, 0.1) is 11.1 Å². The Balaban J connectivity index is 1.48. The topological polar surface area (TPSA) is 70.7 Å². The summed E-state index contributed by atoms with van der Waals surface area (Å²) in [6.45, 7) is 8.52. The van der Waals surface area contributed by atoms with Gasteiger partial charge in [-0.2, -0.15) is 0 Å².